The van der Waals surface area contributed by atoms with E-state index in [9.17, 15) is 9.59 Å². The Labute approximate surface area is 111 Å². The Morgan fingerprint density at radius 1 is 1.16 bits per heavy atom. The molecule has 0 radical (unpaired) electrons. The highest BCUT2D eigenvalue weighted by molar-refractivity contribution is 5.25. The van der Waals surface area contributed by atoms with Crippen molar-refractivity contribution in [2.45, 2.75) is 33.2 Å². The van der Waals surface area contributed by atoms with Crippen LogP contribution in [-0.4, -0.2) is 9.55 Å². The molecular weight excluding hydrogens is 240 g/mol. The number of H-pyrrole nitrogens is 1. The third-order valence-electron chi connectivity index (χ3n) is 3.19. The SMILES string of the molecule is Cc1cn(Cc2ccc(C(C)C)cc2)c(=O)[nH]c1=O. The van der Waals surface area contributed by atoms with E-state index in [1.54, 1.807) is 13.1 Å². The van der Waals surface area contributed by atoms with E-state index in [0.717, 1.165) is 5.56 Å². The molecule has 4 nitrogen and oxygen atoms in total. The molecule has 0 saturated carbocycles. The van der Waals surface area contributed by atoms with Crippen LogP contribution in [0.15, 0.2) is 40.1 Å². The molecule has 0 unspecified atom stereocenters. The Bertz CT molecular complexity index is 679. The first-order chi connectivity index (χ1) is 8.97. The molecule has 100 valence electrons. The van der Waals surface area contributed by atoms with Gasteiger partial charge in [-0.25, -0.2) is 4.79 Å². The van der Waals surface area contributed by atoms with Gasteiger partial charge >= 0.3 is 5.69 Å². The van der Waals surface area contributed by atoms with Crippen molar-refractivity contribution in [3.05, 3.63) is 68.0 Å². The zero-order chi connectivity index (χ0) is 14.0. The van der Waals surface area contributed by atoms with Gasteiger partial charge in [-0.05, 0) is 24.0 Å². The van der Waals surface area contributed by atoms with Crippen molar-refractivity contribution in [2.24, 2.45) is 0 Å². The van der Waals surface area contributed by atoms with Gasteiger partial charge in [0.1, 0.15) is 0 Å². The molecule has 0 spiro atoms. The molecule has 0 aliphatic carbocycles. The highest BCUT2D eigenvalue weighted by Gasteiger charge is 2.03. The average Bonchev–Trinajstić information content (AvgIpc) is 2.36. The molecule has 19 heavy (non-hydrogen) atoms. The van der Waals surface area contributed by atoms with Gasteiger partial charge in [-0.1, -0.05) is 38.1 Å². The van der Waals surface area contributed by atoms with Crippen molar-refractivity contribution in [3.8, 4) is 0 Å². The number of rotatable bonds is 3. The lowest BCUT2D eigenvalue weighted by atomic mass is 10.0. The molecule has 0 fully saturated rings. The topological polar surface area (TPSA) is 54.9 Å². The molecule has 0 aliphatic rings. The third-order valence-corrected chi connectivity index (χ3v) is 3.19. The van der Waals surface area contributed by atoms with Gasteiger partial charge < -0.3 is 0 Å². The average molecular weight is 258 g/mol. The van der Waals surface area contributed by atoms with Crippen molar-refractivity contribution in [3.63, 3.8) is 0 Å². The first-order valence-electron chi connectivity index (χ1n) is 6.36. The van der Waals surface area contributed by atoms with E-state index in [1.165, 1.54) is 10.1 Å². The van der Waals surface area contributed by atoms with Crippen molar-refractivity contribution in [1.82, 2.24) is 9.55 Å². The second-order valence-electron chi connectivity index (χ2n) is 5.10. The van der Waals surface area contributed by atoms with Crippen molar-refractivity contribution in [2.75, 3.05) is 0 Å². The summed E-state index contributed by atoms with van der Waals surface area (Å²) >= 11 is 0. The van der Waals surface area contributed by atoms with Gasteiger partial charge in [0.05, 0.1) is 6.54 Å². The number of benzene rings is 1. The predicted octanol–water partition coefficient (Wildman–Crippen LogP) is 2.02. The molecule has 0 saturated heterocycles. The fourth-order valence-corrected chi connectivity index (χ4v) is 1.94. The van der Waals surface area contributed by atoms with E-state index < -0.39 is 0 Å². The van der Waals surface area contributed by atoms with Gasteiger partial charge in [0.15, 0.2) is 0 Å². The largest absolute Gasteiger partial charge is 0.328 e. The fraction of sp³-hybridized carbons (Fsp3) is 0.333. The summed E-state index contributed by atoms with van der Waals surface area (Å²) in [7, 11) is 0. The Morgan fingerprint density at radius 2 is 1.79 bits per heavy atom. The van der Waals surface area contributed by atoms with E-state index in [-0.39, 0.29) is 11.2 Å². The van der Waals surface area contributed by atoms with Crippen molar-refractivity contribution < 1.29 is 0 Å². The zero-order valence-corrected chi connectivity index (χ0v) is 11.4. The molecule has 0 bridgehead atoms. The molecule has 2 aromatic rings. The molecule has 0 amide bonds. The second kappa shape index (κ2) is 5.26. The lowest BCUT2D eigenvalue weighted by molar-refractivity contribution is 0.713. The van der Waals surface area contributed by atoms with Crippen LogP contribution in [0.3, 0.4) is 0 Å². The maximum Gasteiger partial charge on any atom is 0.328 e. The Hall–Kier alpha value is -2.10. The van der Waals surface area contributed by atoms with Gasteiger partial charge in [-0.2, -0.15) is 0 Å². The highest BCUT2D eigenvalue weighted by Crippen LogP contribution is 2.14. The standard InChI is InChI=1S/C15H18N2O2/c1-10(2)13-6-4-12(5-7-13)9-17-8-11(3)14(18)16-15(17)19/h4-8,10H,9H2,1-3H3,(H,16,18,19). The van der Waals surface area contributed by atoms with E-state index in [0.29, 0.717) is 18.0 Å². The first kappa shape index (κ1) is 13.3. The summed E-state index contributed by atoms with van der Waals surface area (Å²) in [5, 5.41) is 0. The number of nitrogens with zero attached hydrogens (tertiary/aromatic N) is 1. The number of nitrogens with one attached hydrogen (secondary N) is 1. The minimum atomic E-state index is -0.372. The number of aromatic nitrogens is 2. The van der Waals surface area contributed by atoms with E-state index in [2.05, 4.69) is 31.0 Å². The van der Waals surface area contributed by atoms with Gasteiger partial charge in [0.2, 0.25) is 0 Å². The lowest BCUT2D eigenvalue weighted by Crippen LogP contribution is -2.31. The summed E-state index contributed by atoms with van der Waals surface area (Å²) in [4.78, 5) is 25.3. The van der Waals surface area contributed by atoms with Crippen LogP contribution in [0.2, 0.25) is 0 Å². The molecule has 1 aromatic heterocycles. The van der Waals surface area contributed by atoms with Crippen LogP contribution in [0.1, 0.15) is 36.5 Å². The van der Waals surface area contributed by atoms with Gasteiger partial charge in [-0.15, -0.1) is 0 Å². The monoisotopic (exact) mass is 258 g/mol. The van der Waals surface area contributed by atoms with E-state index in [1.807, 2.05) is 12.1 Å². The number of hydrogen-bond donors (Lipinski definition) is 1. The van der Waals surface area contributed by atoms with Gasteiger partial charge in [-0.3, -0.25) is 14.3 Å². The number of aromatic amines is 1. The summed E-state index contributed by atoms with van der Waals surface area (Å²) < 4.78 is 1.51. The van der Waals surface area contributed by atoms with Crippen LogP contribution in [0, 0.1) is 6.92 Å². The van der Waals surface area contributed by atoms with Crippen LogP contribution < -0.4 is 11.2 Å². The van der Waals surface area contributed by atoms with Crippen molar-refractivity contribution >= 4 is 0 Å². The lowest BCUT2D eigenvalue weighted by Gasteiger charge is -2.09. The quantitative estimate of drug-likeness (QED) is 0.915. The molecule has 2 rings (SSSR count). The van der Waals surface area contributed by atoms with Crippen LogP contribution in [0.25, 0.3) is 0 Å². The first-order valence-corrected chi connectivity index (χ1v) is 6.36. The van der Waals surface area contributed by atoms with Crippen LogP contribution in [0.5, 0.6) is 0 Å². The number of hydrogen-bond acceptors (Lipinski definition) is 2. The fourth-order valence-electron chi connectivity index (χ4n) is 1.94. The minimum Gasteiger partial charge on any atom is -0.296 e. The maximum absolute atomic E-state index is 11.7. The van der Waals surface area contributed by atoms with Gasteiger partial charge in [0.25, 0.3) is 5.56 Å². The van der Waals surface area contributed by atoms with E-state index in [4.69, 9.17) is 0 Å². The summed E-state index contributed by atoms with van der Waals surface area (Å²) in [6, 6.07) is 8.18. The van der Waals surface area contributed by atoms with Crippen LogP contribution >= 0.6 is 0 Å². The summed E-state index contributed by atoms with van der Waals surface area (Å²) in [5.74, 6) is 0.493. The minimum absolute atomic E-state index is 0.323. The normalized spacial score (nSPS) is 10.9. The molecule has 0 aliphatic heterocycles. The van der Waals surface area contributed by atoms with Crippen LogP contribution in [0.4, 0.5) is 0 Å². The third kappa shape index (κ3) is 3.02. The summed E-state index contributed by atoms with van der Waals surface area (Å²) in [6.07, 6.45) is 1.59. The molecule has 1 heterocycles. The van der Waals surface area contributed by atoms with Gasteiger partial charge in [0, 0.05) is 11.8 Å². The van der Waals surface area contributed by atoms with Crippen LogP contribution in [-0.2, 0) is 6.54 Å². The molecule has 1 aromatic carbocycles. The smallest absolute Gasteiger partial charge is 0.296 e. The van der Waals surface area contributed by atoms with Crippen molar-refractivity contribution in [1.29, 1.82) is 0 Å². The maximum atomic E-state index is 11.7. The summed E-state index contributed by atoms with van der Waals surface area (Å²) in [5.41, 5.74) is 2.16. The Morgan fingerprint density at radius 3 is 2.37 bits per heavy atom. The Balaban J connectivity index is 2.29. The second-order valence-corrected chi connectivity index (χ2v) is 5.10. The number of aryl methyl sites for hydroxylation is 1. The molecule has 0 atom stereocenters. The molecule has 4 heteroatoms. The molecular formula is C15H18N2O2. The summed E-state index contributed by atoms with van der Waals surface area (Å²) in [6.45, 7) is 6.45. The molecule has 1 N–H and O–H groups in total. The van der Waals surface area contributed by atoms with E-state index >= 15 is 0 Å². The Kier molecular flexibility index (Phi) is 3.69. The zero-order valence-electron chi connectivity index (χ0n) is 11.4. The predicted molar refractivity (Wildman–Crippen MR) is 75.7 cm³/mol. The highest BCUT2D eigenvalue weighted by atomic mass is 16.2.